The van der Waals surface area contributed by atoms with Crippen molar-refractivity contribution in [2.45, 2.75) is 18.9 Å². The molecule has 1 N–H and O–H groups in total. The van der Waals surface area contributed by atoms with Crippen molar-refractivity contribution in [2.24, 2.45) is 0 Å². The Kier molecular flexibility index (Phi) is 4.60. The largest absolute Gasteiger partial charge is 0.496 e. The molecule has 1 saturated heterocycles. The molecule has 1 aromatic carbocycles. The summed E-state index contributed by atoms with van der Waals surface area (Å²) >= 11 is 3.36. The van der Waals surface area contributed by atoms with E-state index >= 15 is 0 Å². The van der Waals surface area contributed by atoms with Crippen molar-refractivity contribution in [1.29, 1.82) is 0 Å². The summed E-state index contributed by atoms with van der Waals surface area (Å²) in [6, 6.07) is 5.27. The van der Waals surface area contributed by atoms with Gasteiger partial charge in [-0.3, -0.25) is 4.79 Å². The Morgan fingerprint density at radius 1 is 1.61 bits per heavy atom. The van der Waals surface area contributed by atoms with Gasteiger partial charge in [0.15, 0.2) is 0 Å². The van der Waals surface area contributed by atoms with E-state index in [1.54, 1.807) is 25.3 Å². The summed E-state index contributed by atoms with van der Waals surface area (Å²) < 4.78 is 11.4. The first-order valence-corrected chi connectivity index (χ1v) is 6.73. The lowest BCUT2D eigenvalue weighted by Crippen LogP contribution is -2.31. The summed E-state index contributed by atoms with van der Waals surface area (Å²) in [5.74, 6) is 0.625. The quantitative estimate of drug-likeness (QED) is 0.928. The van der Waals surface area contributed by atoms with Crippen LogP contribution in [0, 0.1) is 0 Å². The molecule has 2 rings (SSSR count). The van der Waals surface area contributed by atoms with Gasteiger partial charge in [0.05, 0.1) is 17.7 Å². The number of nitrogens with one attached hydrogen (secondary N) is 1. The second-order valence-corrected chi connectivity index (χ2v) is 5.05. The van der Waals surface area contributed by atoms with Gasteiger partial charge in [-0.05, 0) is 47.0 Å². The Morgan fingerprint density at radius 2 is 2.44 bits per heavy atom. The van der Waals surface area contributed by atoms with Crippen LogP contribution in [0.3, 0.4) is 0 Å². The first kappa shape index (κ1) is 13.4. The molecule has 1 atom stereocenters. The number of carbonyl (C=O) groups is 1. The summed E-state index contributed by atoms with van der Waals surface area (Å²) in [7, 11) is 1.59. The fourth-order valence-electron chi connectivity index (χ4n) is 1.92. The molecule has 1 aliphatic heterocycles. The van der Waals surface area contributed by atoms with Crippen LogP contribution in [0.1, 0.15) is 23.2 Å². The third-order valence-corrected chi connectivity index (χ3v) is 3.55. The van der Waals surface area contributed by atoms with Gasteiger partial charge in [0, 0.05) is 18.7 Å². The lowest BCUT2D eigenvalue weighted by Gasteiger charge is -2.11. The van der Waals surface area contributed by atoms with E-state index in [1.807, 2.05) is 0 Å². The maximum Gasteiger partial charge on any atom is 0.251 e. The highest BCUT2D eigenvalue weighted by atomic mass is 79.9. The van der Waals surface area contributed by atoms with Crippen LogP contribution in [0.5, 0.6) is 5.75 Å². The summed E-state index contributed by atoms with van der Waals surface area (Å²) in [4.78, 5) is 11.9. The van der Waals surface area contributed by atoms with Gasteiger partial charge in [-0.25, -0.2) is 0 Å². The number of hydrogen-bond donors (Lipinski definition) is 1. The number of methoxy groups -OCH3 is 1. The molecule has 1 amide bonds. The molecule has 4 nitrogen and oxygen atoms in total. The maximum atomic E-state index is 11.9. The summed E-state index contributed by atoms with van der Waals surface area (Å²) in [6.07, 6.45) is 2.26. The third kappa shape index (κ3) is 3.23. The van der Waals surface area contributed by atoms with Gasteiger partial charge in [0.25, 0.3) is 5.91 Å². The van der Waals surface area contributed by atoms with Gasteiger partial charge in [-0.15, -0.1) is 0 Å². The van der Waals surface area contributed by atoms with Crippen LogP contribution in [0.25, 0.3) is 0 Å². The van der Waals surface area contributed by atoms with E-state index in [4.69, 9.17) is 9.47 Å². The summed E-state index contributed by atoms with van der Waals surface area (Å²) in [5.41, 5.74) is 0.612. The highest BCUT2D eigenvalue weighted by Crippen LogP contribution is 2.25. The fourth-order valence-corrected chi connectivity index (χ4v) is 2.46. The molecule has 0 aromatic heterocycles. The van der Waals surface area contributed by atoms with Crippen LogP contribution < -0.4 is 10.1 Å². The first-order valence-electron chi connectivity index (χ1n) is 5.94. The van der Waals surface area contributed by atoms with E-state index in [0.29, 0.717) is 17.9 Å². The van der Waals surface area contributed by atoms with Crippen LogP contribution in [-0.2, 0) is 4.74 Å². The summed E-state index contributed by atoms with van der Waals surface area (Å²) in [6.45, 7) is 1.37. The minimum absolute atomic E-state index is 0.0890. The summed E-state index contributed by atoms with van der Waals surface area (Å²) in [5, 5.41) is 2.88. The predicted molar refractivity (Wildman–Crippen MR) is 72.0 cm³/mol. The highest BCUT2D eigenvalue weighted by Gasteiger charge is 2.17. The molecule has 0 saturated carbocycles. The second kappa shape index (κ2) is 6.20. The van der Waals surface area contributed by atoms with Gasteiger partial charge in [0.2, 0.25) is 0 Å². The molecule has 1 heterocycles. The molecule has 0 bridgehead atoms. The Labute approximate surface area is 115 Å². The Bertz CT molecular complexity index is 430. The Balaban J connectivity index is 1.93. The minimum atomic E-state index is -0.0890. The zero-order chi connectivity index (χ0) is 13.0. The van der Waals surface area contributed by atoms with Crippen molar-refractivity contribution in [3.05, 3.63) is 28.2 Å². The number of halogens is 1. The van der Waals surface area contributed by atoms with Gasteiger partial charge in [-0.2, -0.15) is 0 Å². The zero-order valence-electron chi connectivity index (χ0n) is 10.2. The molecule has 1 aliphatic rings. The fraction of sp³-hybridized carbons (Fsp3) is 0.462. The maximum absolute atomic E-state index is 11.9. The number of rotatable bonds is 4. The Morgan fingerprint density at radius 3 is 3.06 bits per heavy atom. The number of carbonyl (C=O) groups excluding carboxylic acids is 1. The standard InChI is InChI=1S/C13H16BrNO3/c1-17-12-5-4-9(7-11(12)14)13(16)15-8-10-3-2-6-18-10/h4-5,7,10H,2-3,6,8H2,1H3,(H,15,16)/t10-/m1/s1. The van der Waals surface area contributed by atoms with Crippen LogP contribution in [-0.4, -0.2) is 32.3 Å². The molecule has 0 radical (unpaired) electrons. The van der Waals surface area contributed by atoms with Crippen molar-refractivity contribution in [3.8, 4) is 5.75 Å². The molecular weight excluding hydrogens is 298 g/mol. The number of amides is 1. The second-order valence-electron chi connectivity index (χ2n) is 4.19. The van der Waals surface area contributed by atoms with Crippen LogP contribution >= 0.6 is 15.9 Å². The predicted octanol–water partition coefficient (Wildman–Crippen LogP) is 2.37. The van der Waals surface area contributed by atoms with E-state index in [0.717, 1.165) is 23.9 Å². The van der Waals surface area contributed by atoms with Crippen molar-refractivity contribution < 1.29 is 14.3 Å². The molecule has 0 unspecified atom stereocenters. The monoisotopic (exact) mass is 313 g/mol. The normalized spacial score (nSPS) is 18.7. The van der Waals surface area contributed by atoms with Crippen molar-refractivity contribution in [2.75, 3.05) is 20.3 Å². The zero-order valence-corrected chi connectivity index (χ0v) is 11.8. The molecule has 5 heteroatoms. The number of benzene rings is 1. The molecule has 18 heavy (non-hydrogen) atoms. The third-order valence-electron chi connectivity index (χ3n) is 2.93. The SMILES string of the molecule is COc1ccc(C(=O)NC[C@H]2CCCO2)cc1Br. The van der Waals surface area contributed by atoms with E-state index in [2.05, 4.69) is 21.2 Å². The van der Waals surface area contributed by atoms with Gasteiger partial charge in [0.1, 0.15) is 5.75 Å². The van der Waals surface area contributed by atoms with Crippen molar-refractivity contribution >= 4 is 21.8 Å². The molecular formula is C13H16BrNO3. The van der Waals surface area contributed by atoms with Gasteiger partial charge >= 0.3 is 0 Å². The highest BCUT2D eigenvalue weighted by molar-refractivity contribution is 9.10. The minimum Gasteiger partial charge on any atom is -0.496 e. The molecule has 1 aromatic rings. The smallest absolute Gasteiger partial charge is 0.251 e. The lowest BCUT2D eigenvalue weighted by molar-refractivity contribution is 0.0857. The van der Waals surface area contributed by atoms with Crippen LogP contribution in [0.15, 0.2) is 22.7 Å². The average molecular weight is 314 g/mol. The van der Waals surface area contributed by atoms with E-state index in [1.165, 1.54) is 0 Å². The molecule has 0 spiro atoms. The van der Waals surface area contributed by atoms with Gasteiger partial charge in [-0.1, -0.05) is 0 Å². The molecule has 98 valence electrons. The average Bonchev–Trinajstić information content (AvgIpc) is 2.89. The lowest BCUT2D eigenvalue weighted by atomic mass is 10.2. The van der Waals surface area contributed by atoms with Crippen molar-refractivity contribution in [3.63, 3.8) is 0 Å². The number of hydrogen-bond acceptors (Lipinski definition) is 3. The van der Waals surface area contributed by atoms with Crippen LogP contribution in [0.2, 0.25) is 0 Å². The van der Waals surface area contributed by atoms with Crippen molar-refractivity contribution in [1.82, 2.24) is 5.32 Å². The Hall–Kier alpha value is -1.07. The van der Waals surface area contributed by atoms with Gasteiger partial charge < -0.3 is 14.8 Å². The topological polar surface area (TPSA) is 47.6 Å². The van der Waals surface area contributed by atoms with Crippen LogP contribution in [0.4, 0.5) is 0 Å². The molecule has 0 aliphatic carbocycles. The van der Waals surface area contributed by atoms with E-state index in [9.17, 15) is 4.79 Å². The molecule has 1 fully saturated rings. The number of ether oxygens (including phenoxy) is 2. The van der Waals surface area contributed by atoms with E-state index in [-0.39, 0.29) is 12.0 Å². The van der Waals surface area contributed by atoms with E-state index < -0.39 is 0 Å². The first-order chi connectivity index (χ1) is 8.70.